The molecule has 0 spiro atoms. The lowest BCUT2D eigenvalue weighted by Gasteiger charge is -2.23. The zero-order valence-corrected chi connectivity index (χ0v) is 13.3. The van der Waals surface area contributed by atoms with E-state index in [0.717, 1.165) is 28.0 Å². The van der Waals surface area contributed by atoms with Crippen LogP contribution in [-0.2, 0) is 0 Å². The topological polar surface area (TPSA) is 46.3 Å². The van der Waals surface area contributed by atoms with Gasteiger partial charge in [0.25, 0.3) is 5.91 Å². The van der Waals surface area contributed by atoms with Crippen LogP contribution in [0.3, 0.4) is 0 Å². The molecule has 1 aliphatic heterocycles. The number of rotatable bonds is 2. The van der Waals surface area contributed by atoms with E-state index in [-0.39, 0.29) is 5.91 Å². The van der Waals surface area contributed by atoms with Crippen LogP contribution in [0.15, 0.2) is 18.2 Å². The number of amides is 1. The Balaban J connectivity index is 1.96. The number of nitrogen functional groups attached to an aromatic ring is 1. The molecule has 1 saturated heterocycles. The van der Waals surface area contributed by atoms with Crippen LogP contribution in [0.1, 0.15) is 21.7 Å². The summed E-state index contributed by atoms with van der Waals surface area (Å²) in [5, 5.41) is 0.998. The third-order valence-electron chi connectivity index (χ3n) is 3.85. The summed E-state index contributed by atoms with van der Waals surface area (Å²) >= 11 is 3.42. The van der Waals surface area contributed by atoms with Gasteiger partial charge in [-0.2, -0.15) is 11.8 Å². The molecule has 2 heterocycles. The second-order valence-electron chi connectivity index (χ2n) is 5.28. The molecule has 1 fully saturated rings. The van der Waals surface area contributed by atoms with Gasteiger partial charge in [0, 0.05) is 28.9 Å². The fourth-order valence-electron chi connectivity index (χ4n) is 2.54. The van der Waals surface area contributed by atoms with Crippen molar-refractivity contribution in [2.75, 3.05) is 24.3 Å². The molecule has 3 rings (SSSR count). The number of thioether (sulfide) groups is 1. The zero-order chi connectivity index (χ0) is 14.3. The number of hydrogen-bond acceptors (Lipinski definition) is 4. The van der Waals surface area contributed by atoms with Gasteiger partial charge < -0.3 is 10.6 Å². The Labute approximate surface area is 127 Å². The smallest absolute Gasteiger partial charge is 0.266 e. The summed E-state index contributed by atoms with van der Waals surface area (Å²) in [5.74, 6) is 2.24. The third kappa shape index (κ3) is 2.29. The van der Waals surface area contributed by atoms with Crippen LogP contribution < -0.4 is 5.73 Å². The number of benzene rings is 1. The lowest BCUT2D eigenvalue weighted by molar-refractivity contribution is 0.0754. The maximum Gasteiger partial charge on any atom is 0.266 e. The Hall–Kier alpha value is -1.20. The van der Waals surface area contributed by atoms with Gasteiger partial charge in [0.05, 0.1) is 5.69 Å². The van der Waals surface area contributed by atoms with Crippen molar-refractivity contribution < 1.29 is 4.79 Å². The van der Waals surface area contributed by atoms with Crippen LogP contribution in [-0.4, -0.2) is 35.4 Å². The summed E-state index contributed by atoms with van der Waals surface area (Å²) in [5.41, 5.74) is 8.01. The summed E-state index contributed by atoms with van der Waals surface area (Å²) in [4.78, 5) is 15.2. The third-order valence-corrected chi connectivity index (χ3v) is 6.15. The summed E-state index contributed by atoms with van der Waals surface area (Å²) in [6, 6.07) is 6.49. The van der Waals surface area contributed by atoms with Crippen molar-refractivity contribution in [3.05, 3.63) is 28.6 Å². The number of anilines is 1. The minimum atomic E-state index is 0.0638. The number of nitrogens with two attached hydrogens (primary N) is 1. The molecule has 2 aromatic rings. The molecule has 1 aromatic carbocycles. The van der Waals surface area contributed by atoms with Gasteiger partial charge in [-0.3, -0.25) is 4.79 Å². The number of carbonyl (C=O) groups excluding carboxylic acids is 1. The molecule has 1 atom stereocenters. The first kappa shape index (κ1) is 13.8. The maximum absolute atomic E-state index is 12.7. The maximum atomic E-state index is 12.7. The van der Waals surface area contributed by atoms with E-state index >= 15 is 0 Å². The first-order valence-corrected chi connectivity index (χ1v) is 8.68. The molecule has 1 aliphatic rings. The van der Waals surface area contributed by atoms with Crippen LogP contribution in [0.4, 0.5) is 5.69 Å². The van der Waals surface area contributed by atoms with Crippen molar-refractivity contribution >= 4 is 44.8 Å². The Kier molecular flexibility index (Phi) is 3.65. The van der Waals surface area contributed by atoms with E-state index < -0.39 is 0 Å². The van der Waals surface area contributed by atoms with E-state index in [1.165, 1.54) is 16.9 Å². The average Bonchev–Trinajstić information content (AvgIpc) is 3.05. The van der Waals surface area contributed by atoms with Crippen LogP contribution in [0.2, 0.25) is 0 Å². The Morgan fingerprint density at radius 1 is 1.45 bits per heavy atom. The highest BCUT2D eigenvalue weighted by atomic mass is 32.2. The highest BCUT2D eigenvalue weighted by Crippen LogP contribution is 2.35. The number of aryl methyl sites for hydroxylation is 1. The van der Waals surface area contributed by atoms with Gasteiger partial charge in [0.2, 0.25) is 0 Å². The van der Waals surface area contributed by atoms with Crippen molar-refractivity contribution in [1.82, 2.24) is 4.90 Å². The van der Waals surface area contributed by atoms with Gasteiger partial charge in [-0.25, -0.2) is 0 Å². The largest absolute Gasteiger partial charge is 0.397 e. The van der Waals surface area contributed by atoms with E-state index in [1.807, 2.05) is 35.8 Å². The molecule has 1 aromatic heterocycles. The van der Waals surface area contributed by atoms with Crippen LogP contribution >= 0.6 is 23.1 Å². The van der Waals surface area contributed by atoms with Crippen molar-refractivity contribution in [2.24, 2.45) is 0 Å². The van der Waals surface area contributed by atoms with E-state index in [9.17, 15) is 4.79 Å². The van der Waals surface area contributed by atoms with E-state index in [2.05, 4.69) is 13.0 Å². The van der Waals surface area contributed by atoms with E-state index in [0.29, 0.717) is 16.6 Å². The number of carbonyl (C=O) groups is 1. The van der Waals surface area contributed by atoms with E-state index in [4.69, 9.17) is 5.73 Å². The minimum Gasteiger partial charge on any atom is -0.397 e. The Morgan fingerprint density at radius 3 is 2.95 bits per heavy atom. The van der Waals surface area contributed by atoms with Gasteiger partial charge in [-0.05, 0) is 30.7 Å². The molecule has 106 valence electrons. The molecule has 2 N–H and O–H groups in total. The quantitative estimate of drug-likeness (QED) is 0.925. The van der Waals surface area contributed by atoms with Gasteiger partial charge in [-0.15, -0.1) is 11.3 Å². The van der Waals surface area contributed by atoms with Crippen LogP contribution in [0.25, 0.3) is 10.1 Å². The molecular weight excluding hydrogens is 288 g/mol. The van der Waals surface area contributed by atoms with Crippen molar-refractivity contribution in [1.29, 1.82) is 0 Å². The molecule has 5 heteroatoms. The zero-order valence-electron chi connectivity index (χ0n) is 11.7. The second-order valence-corrected chi connectivity index (χ2v) is 7.48. The second kappa shape index (κ2) is 5.30. The molecule has 1 unspecified atom stereocenters. The van der Waals surface area contributed by atoms with E-state index in [1.54, 1.807) is 0 Å². The SMILES string of the molecule is Cc1ccc2c(N)c(C(=O)N(C)C3CCSC3)sc2c1. The van der Waals surface area contributed by atoms with Gasteiger partial charge in [0.15, 0.2) is 0 Å². The number of hydrogen-bond donors (Lipinski definition) is 1. The monoisotopic (exact) mass is 306 g/mol. The van der Waals surface area contributed by atoms with Crippen LogP contribution in [0, 0.1) is 6.92 Å². The summed E-state index contributed by atoms with van der Waals surface area (Å²) < 4.78 is 1.10. The summed E-state index contributed by atoms with van der Waals surface area (Å²) in [6.45, 7) is 2.05. The summed E-state index contributed by atoms with van der Waals surface area (Å²) in [7, 11) is 1.90. The molecule has 20 heavy (non-hydrogen) atoms. The van der Waals surface area contributed by atoms with Gasteiger partial charge in [-0.1, -0.05) is 12.1 Å². The molecular formula is C15H18N2OS2. The highest BCUT2D eigenvalue weighted by molar-refractivity contribution is 7.99. The fourth-order valence-corrected chi connectivity index (χ4v) is 5.01. The molecule has 0 saturated carbocycles. The number of nitrogens with zero attached hydrogens (tertiary/aromatic N) is 1. The first-order valence-electron chi connectivity index (χ1n) is 6.71. The lowest BCUT2D eigenvalue weighted by Crippen LogP contribution is -2.36. The molecule has 0 radical (unpaired) electrons. The average molecular weight is 306 g/mol. The standard InChI is InChI=1S/C15H18N2OS2/c1-9-3-4-11-12(7-9)20-14(13(11)16)15(18)17(2)10-5-6-19-8-10/h3-4,7,10H,5-6,8,16H2,1-2H3. The molecule has 3 nitrogen and oxygen atoms in total. The van der Waals surface area contributed by atoms with Crippen molar-refractivity contribution in [2.45, 2.75) is 19.4 Å². The fraction of sp³-hybridized carbons (Fsp3) is 0.400. The molecule has 0 aliphatic carbocycles. The predicted octanol–water partition coefficient (Wildman–Crippen LogP) is 3.37. The molecule has 1 amide bonds. The Morgan fingerprint density at radius 2 is 2.25 bits per heavy atom. The summed E-state index contributed by atoms with van der Waals surface area (Å²) in [6.07, 6.45) is 1.08. The van der Waals surface area contributed by atoms with Crippen molar-refractivity contribution in [3.63, 3.8) is 0 Å². The van der Waals surface area contributed by atoms with Gasteiger partial charge in [0.1, 0.15) is 4.88 Å². The predicted molar refractivity (Wildman–Crippen MR) is 88.8 cm³/mol. The van der Waals surface area contributed by atoms with Crippen LogP contribution in [0.5, 0.6) is 0 Å². The lowest BCUT2D eigenvalue weighted by atomic mass is 10.1. The van der Waals surface area contributed by atoms with Crippen molar-refractivity contribution in [3.8, 4) is 0 Å². The first-order chi connectivity index (χ1) is 9.58. The number of fused-ring (bicyclic) bond motifs is 1. The normalized spacial score (nSPS) is 18.6. The number of thiophene rings is 1. The molecule has 0 bridgehead atoms. The Bertz CT molecular complexity index is 659. The minimum absolute atomic E-state index is 0.0638. The highest BCUT2D eigenvalue weighted by Gasteiger charge is 2.27. The van der Waals surface area contributed by atoms with Gasteiger partial charge >= 0.3 is 0 Å².